The topological polar surface area (TPSA) is 42.1 Å². The molecule has 1 aromatic heterocycles. The highest BCUT2D eigenvalue weighted by Crippen LogP contribution is 2.21. The molecule has 0 spiro atoms. The van der Waals surface area contributed by atoms with Crippen LogP contribution in [0.1, 0.15) is 11.1 Å². The summed E-state index contributed by atoms with van der Waals surface area (Å²) >= 11 is 0. The summed E-state index contributed by atoms with van der Waals surface area (Å²) < 4.78 is 4.55. The molecule has 1 heterocycles. The van der Waals surface area contributed by atoms with E-state index in [0.717, 1.165) is 11.1 Å². The Morgan fingerprint density at radius 1 is 1.44 bits per heavy atom. The highest BCUT2D eigenvalue weighted by molar-refractivity contribution is 5.94. The number of methoxy groups -OCH3 is 1. The summed E-state index contributed by atoms with van der Waals surface area (Å²) in [4.78, 5) is 14.2. The number of H-pyrrole nitrogens is 1. The Labute approximate surface area is 93.7 Å². The number of benzene rings is 1. The van der Waals surface area contributed by atoms with Crippen LogP contribution in [0.2, 0.25) is 0 Å². The van der Waals surface area contributed by atoms with Crippen LogP contribution in [0.4, 0.5) is 0 Å². The predicted molar refractivity (Wildman–Crippen MR) is 64.1 cm³/mol. The third-order valence-electron chi connectivity index (χ3n) is 2.55. The lowest BCUT2D eigenvalue weighted by molar-refractivity contribution is -0.134. The number of hydrogen-bond donors (Lipinski definition) is 1. The zero-order valence-corrected chi connectivity index (χ0v) is 9.28. The van der Waals surface area contributed by atoms with Crippen molar-refractivity contribution in [1.29, 1.82) is 0 Å². The van der Waals surface area contributed by atoms with Gasteiger partial charge >= 0.3 is 5.97 Å². The van der Waals surface area contributed by atoms with Crippen LogP contribution in [0.15, 0.2) is 30.5 Å². The summed E-state index contributed by atoms with van der Waals surface area (Å²) in [6.45, 7) is 2.05. The first-order valence-electron chi connectivity index (χ1n) is 5.05. The Bertz CT molecular complexity index is 552. The summed E-state index contributed by atoms with van der Waals surface area (Å²) in [5.41, 5.74) is 3.22. The van der Waals surface area contributed by atoms with E-state index in [2.05, 4.69) is 15.8 Å². The number of esters is 1. The van der Waals surface area contributed by atoms with Gasteiger partial charge in [-0.15, -0.1) is 0 Å². The molecule has 1 N–H and O–H groups in total. The van der Waals surface area contributed by atoms with Crippen molar-refractivity contribution in [3.8, 4) is 0 Å². The second-order valence-corrected chi connectivity index (χ2v) is 3.60. The maximum atomic E-state index is 11.0. The van der Waals surface area contributed by atoms with Crippen molar-refractivity contribution in [3.63, 3.8) is 0 Å². The summed E-state index contributed by atoms with van der Waals surface area (Å²) in [6, 6.07) is 5.98. The largest absolute Gasteiger partial charge is 0.466 e. The van der Waals surface area contributed by atoms with Gasteiger partial charge in [-0.1, -0.05) is 18.2 Å². The number of rotatable bonds is 2. The van der Waals surface area contributed by atoms with E-state index in [4.69, 9.17) is 0 Å². The predicted octanol–water partition coefficient (Wildman–Crippen LogP) is 2.66. The fourth-order valence-electron chi connectivity index (χ4n) is 1.68. The van der Waals surface area contributed by atoms with Crippen LogP contribution in [-0.2, 0) is 9.53 Å². The SMILES string of the molecule is COC(=O)C=Cc1cccc2c(C)c[nH]c12. The molecule has 0 saturated heterocycles. The molecule has 0 aliphatic carbocycles. The summed E-state index contributed by atoms with van der Waals surface area (Å²) in [5, 5.41) is 1.17. The highest BCUT2D eigenvalue weighted by atomic mass is 16.5. The Hall–Kier alpha value is -2.03. The highest BCUT2D eigenvalue weighted by Gasteiger charge is 2.02. The number of aromatic nitrogens is 1. The number of fused-ring (bicyclic) bond motifs is 1. The van der Waals surface area contributed by atoms with Gasteiger partial charge in [0.1, 0.15) is 0 Å². The summed E-state index contributed by atoms with van der Waals surface area (Å²) in [6.07, 6.45) is 5.13. The molecular weight excluding hydrogens is 202 g/mol. The van der Waals surface area contributed by atoms with Crippen molar-refractivity contribution in [2.75, 3.05) is 7.11 Å². The fourth-order valence-corrected chi connectivity index (χ4v) is 1.68. The monoisotopic (exact) mass is 215 g/mol. The van der Waals surface area contributed by atoms with Gasteiger partial charge < -0.3 is 9.72 Å². The Balaban J connectivity index is 2.45. The fraction of sp³-hybridized carbons (Fsp3) is 0.154. The van der Waals surface area contributed by atoms with Crippen LogP contribution in [0.3, 0.4) is 0 Å². The molecule has 0 atom stereocenters. The van der Waals surface area contributed by atoms with Crippen LogP contribution in [0.25, 0.3) is 17.0 Å². The lowest BCUT2D eigenvalue weighted by Crippen LogP contribution is -1.93. The molecule has 16 heavy (non-hydrogen) atoms. The van der Waals surface area contributed by atoms with Crippen LogP contribution in [0.5, 0.6) is 0 Å². The number of hydrogen-bond acceptors (Lipinski definition) is 2. The van der Waals surface area contributed by atoms with Crippen molar-refractivity contribution in [3.05, 3.63) is 41.6 Å². The van der Waals surface area contributed by atoms with Crippen molar-refractivity contribution >= 4 is 22.9 Å². The van der Waals surface area contributed by atoms with Gasteiger partial charge in [0.2, 0.25) is 0 Å². The zero-order chi connectivity index (χ0) is 11.5. The average Bonchev–Trinajstić information content (AvgIpc) is 2.69. The molecule has 2 aromatic rings. The molecule has 0 radical (unpaired) electrons. The lowest BCUT2D eigenvalue weighted by atomic mass is 10.1. The molecule has 3 nitrogen and oxygen atoms in total. The van der Waals surface area contributed by atoms with Gasteiger partial charge in [0, 0.05) is 17.7 Å². The Morgan fingerprint density at radius 3 is 3.00 bits per heavy atom. The quantitative estimate of drug-likeness (QED) is 0.618. The lowest BCUT2D eigenvalue weighted by Gasteiger charge is -1.97. The smallest absolute Gasteiger partial charge is 0.330 e. The molecule has 1 aromatic carbocycles. The molecule has 0 fully saturated rings. The standard InChI is InChI=1S/C13H13NO2/c1-9-8-14-13-10(4-3-5-11(9)13)6-7-12(15)16-2/h3-8,14H,1-2H3. The van der Waals surface area contributed by atoms with Gasteiger partial charge in [0.25, 0.3) is 0 Å². The van der Waals surface area contributed by atoms with Crippen LogP contribution in [-0.4, -0.2) is 18.1 Å². The minimum absolute atomic E-state index is 0.347. The normalized spacial score (nSPS) is 11.1. The first kappa shape index (κ1) is 10.5. The minimum atomic E-state index is -0.347. The molecule has 3 heteroatoms. The number of carbonyl (C=O) groups excluding carboxylic acids is 1. The number of aromatic amines is 1. The van der Waals surface area contributed by atoms with Crippen molar-refractivity contribution in [1.82, 2.24) is 4.98 Å². The van der Waals surface area contributed by atoms with Crippen LogP contribution in [0, 0.1) is 6.92 Å². The average molecular weight is 215 g/mol. The Morgan fingerprint density at radius 2 is 2.25 bits per heavy atom. The van der Waals surface area contributed by atoms with Crippen molar-refractivity contribution in [2.45, 2.75) is 6.92 Å². The maximum absolute atomic E-state index is 11.0. The number of carbonyl (C=O) groups is 1. The zero-order valence-electron chi connectivity index (χ0n) is 9.28. The van der Waals surface area contributed by atoms with E-state index in [-0.39, 0.29) is 5.97 Å². The molecule has 0 aliphatic rings. The Kier molecular flexibility index (Phi) is 2.77. The van der Waals surface area contributed by atoms with Crippen LogP contribution >= 0.6 is 0 Å². The molecule has 0 bridgehead atoms. The number of ether oxygens (including phenoxy) is 1. The number of aryl methyl sites for hydroxylation is 1. The molecule has 0 unspecified atom stereocenters. The van der Waals surface area contributed by atoms with E-state index in [0.29, 0.717) is 0 Å². The number of nitrogens with one attached hydrogen (secondary N) is 1. The van der Waals surface area contributed by atoms with Gasteiger partial charge in [-0.2, -0.15) is 0 Å². The van der Waals surface area contributed by atoms with Gasteiger partial charge in [-0.25, -0.2) is 4.79 Å². The molecule has 0 saturated carbocycles. The van der Waals surface area contributed by atoms with E-state index in [1.54, 1.807) is 6.08 Å². The van der Waals surface area contributed by atoms with Gasteiger partial charge in [0.05, 0.1) is 12.6 Å². The first-order chi connectivity index (χ1) is 7.72. The van der Waals surface area contributed by atoms with Gasteiger partial charge in [-0.3, -0.25) is 0 Å². The van der Waals surface area contributed by atoms with Crippen LogP contribution < -0.4 is 0 Å². The van der Waals surface area contributed by atoms with E-state index >= 15 is 0 Å². The summed E-state index contributed by atoms with van der Waals surface area (Å²) in [5.74, 6) is -0.347. The van der Waals surface area contributed by atoms with Crippen molar-refractivity contribution in [2.24, 2.45) is 0 Å². The third kappa shape index (κ3) is 1.84. The first-order valence-corrected chi connectivity index (χ1v) is 5.05. The molecule has 2 rings (SSSR count). The number of para-hydroxylation sites is 1. The van der Waals surface area contributed by atoms with E-state index in [1.807, 2.05) is 25.3 Å². The molecule has 82 valence electrons. The maximum Gasteiger partial charge on any atom is 0.330 e. The minimum Gasteiger partial charge on any atom is -0.466 e. The van der Waals surface area contributed by atoms with Gasteiger partial charge in [0.15, 0.2) is 0 Å². The van der Waals surface area contributed by atoms with E-state index in [9.17, 15) is 4.79 Å². The second kappa shape index (κ2) is 4.23. The van der Waals surface area contributed by atoms with E-state index in [1.165, 1.54) is 24.1 Å². The van der Waals surface area contributed by atoms with Crippen molar-refractivity contribution < 1.29 is 9.53 Å². The van der Waals surface area contributed by atoms with E-state index < -0.39 is 0 Å². The molecule has 0 amide bonds. The second-order valence-electron chi connectivity index (χ2n) is 3.60. The molecular formula is C13H13NO2. The third-order valence-corrected chi connectivity index (χ3v) is 2.55. The summed E-state index contributed by atoms with van der Waals surface area (Å²) in [7, 11) is 1.37. The van der Waals surface area contributed by atoms with Gasteiger partial charge in [-0.05, 0) is 24.1 Å². The molecule has 0 aliphatic heterocycles.